The van der Waals surface area contributed by atoms with E-state index in [1.807, 2.05) is 20.8 Å². The van der Waals surface area contributed by atoms with Crippen molar-refractivity contribution in [1.82, 2.24) is 15.5 Å². The molecule has 0 aliphatic heterocycles. The zero-order valence-corrected chi connectivity index (χ0v) is 11.0. The number of nitrogens with two attached hydrogens (primary N) is 1. The Morgan fingerprint density at radius 2 is 2.22 bits per heavy atom. The molecule has 100 valence electrons. The Balaban J connectivity index is 2.11. The van der Waals surface area contributed by atoms with Gasteiger partial charge in [-0.15, -0.1) is 0 Å². The first kappa shape index (κ1) is 12.7. The van der Waals surface area contributed by atoms with Gasteiger partial charge in [0.05, 0.1) is 23.1 Å². The molecular formula is C12H20N4O2. The molecule has 0 aromatic carbocycles. The number of aromatic nitrogens is 2. The SMILES string of the molecule is CC(C)(C)OC(=O)NC1(c2[nH]ncc2N)CCC1. The molecule has 1 aliphatic carbocycles. The van der Waals surface area contributed by atoms with E-state index in [4.69, 9.17) is 10.5 Å². The summed E-state index contributed by atoms with van der Waals surface area (Å²) in [7, 11) is 0. The highest BCUT2D eigenvalue weighted by Gasteiger charge is 2.43. The molecule has 0 unspecified atom stereocenters. The first-order valence-corrected chi connectivity index (χ1v) is 6.13. The van der Waals surface area contributed by atoms with Crippen LogP contribution >= 0.6 is 0 Å². The minimum Gasteiger partial charge on any atom is -0.444 e. The van der Waals surface area contributed by atoms with Crippen molar-refractivity contribution >= 4 is 11.8 Å². The van der Waals surface area contributed by atoms with E-state index in [0.717, 1.165) is 25.0 Å². The third kappa shape index (κ3) is 2.42. The van der Waals surface area contributed by atoms with E-state index in [1.54, 1.807) is 6.20 Å². The molecule has 6 nitrogen and oxygen atoms in total. The summed E-state index contributed by atoms with van der Waals surface area (Å²) in [6.07, 6.45) is 3.88. The third-order valence-corrected chi connectivity index (χ3v) is 3.09. The fourth-order valence-corrected chi connectivity index (χ4v) is 2.15. The predicted octanol–water partition coefficient (Wildman–Crippen LogP) is 1.90. The number of alkyl carbamates (subject to hydrolysis) is 1. The Labute approximate surface area is 106 Å². The number of ether oxygens (including phenoxy) is 1. The van der Waals surface area contributed by atoms with Crippen molar-refractivity contribution in [2.75, 3.05) is 5.73 Å². The van der Waals surface area contributed by atoms with Crippen molar-refractivity contribution in [3.05, 3.63) is 11.9 Å². The van der Waals surface area contributed by atoms with Crippen LogP contribution in [0.5, 0.6) is 0 Å². The maximum atomic E-state index is 11.9. The van der Waals surface area contributed by atoms with Gasteiger partial charge >= 0.3 is 6.09 Å². The largest absolute Gasteiger partial charge is 0.444 e. The fraction of sp³-hybridized carbons (Fsp3) is 0.667. The summed E-state index contributed by atoms with van der Waals surface area (Å²) in [5, 5.41) is 9.70. The maximum Gasteiger partial charge on any atom is 0.408 e. The summed E-state index contributed by atoms with van der Waals surface area (Å²) in [6, 6.07) is 0. The van der Waals surface area contributed by atoms with Crippen LogP contribution in [0, 0.1) is 0 Å². The van der Waals surface area contributed by atoms with Crippen molar-refractivity contribution in [3.8, 4) is 0 Å². The number of nitrogens with one attached hydrogen (secondary N) is 2. The molecule has 1 aromatic rings. The molecule has 0 bridgehead atoms. The lowest BCUT2D eigenvalue weighted by Gasteiger charge is -2.42. The second-order valence-corrected chi connectivity index (χ2v) is 5.76. The van der Waals surface area contributed by atoms with Crippen LogP contribution in [-0.2, 0) is 10.3 Å². The highest BCUT2D eigenvalue weighted by Crippen LogP contribution is 2.42. The number of carbonyl (C=O) groups is 1. The number of aromatic amines is 1. The number of nitrogen functional groups attached to an aromatic ring is 1. The predicted molar refractivity (Wildman–Crippen MR) is 67.9 cm³/mol. The molecule has 1 saturated carbocycles. The molecule has 0 spiro atoms. The summed E-state index contributed by atoms with van der Waals surface area (Å²) in [5.41, 5.74) is 6.26. The molecule has 6 heteroatoms. The van der Waals surface area contributed by atoms with Gasteiger partial charge in [-0.2, -0.15) is 5.10 Å². The second kappa shape index (κ2) is 4.19. The first-order chi connectivity index (χ1) is 8.32. The van der Waals surface area contributed by atoms with Crippen LogP contribution in [0.3, 0.4) is 0 Å². The van der Waals surface area contributed by atoms with E-state index in [1.165, 1.54) is 0 Å². The van der Waals surface area contributed by atoms with Crippen molar-refractivity contribution < 1.29 is 9.53 Å². The van der Waals surface area contributed by atoms with Crippen LogP contribution in [0.1, 0.15) is 45.7 Å². The van der Waals surface area contributed by atoms with E-state index in [-0.39, 0.29) is 0 Å². The van der Waals surface area contributed by atoms with Gasteiger partial charge in [0.15, 0.2) is 0 Å². The molecule has 1 heterocycles. The Morgan fingerprint density at radius 3 is 2.61 bits per heavy atom. The van der Waals surface area contributed by atoms with Crippen LogP contribution in [0.4, 0.5) is 10.5 Å². The summed E-state index contributed by atoms with van der Waals surface area (Å²) < 4.78 is 5.28. The fourth-order valence-electron chi connectivity index (χ4n) is 2.15. The zero-order chi connectivity index (χ0) is 13.4. The quantitative estimate of drug-likeness (QED) is 0.749. The van der Waals surface area contributed by atoms with Gasteiger partial charge in [0.1, 0.15) is 5.60 Å². The summed E-state index contributed by atoms with van der Waals surface area (Å²) >= 11 is 0. The average Bonchev–Trinajstić information content (AvgIpc) is 2.55. The highest BCUT2D eigenvalue weighted by molar-refractivity contribution is 5.70. The van der Waals surface area contributed by atoms with Gasteiger partial charge < -0.3 is 15.8 Å². The van der Waals surface area contributed by atoms with Crippen molar-refractivity contribution in [2.24, 2.45) is 0 Å². The lowest BCUT2D eigenvalue weighted by atomic mass is 9.74. The average molecular weight is 252 g/mol. The van der Waals surface area contributed by atoms with E-state index in [0.29, 0.717) is 5.69 Å². The number of amides is 1. The normalized spacial score (nSPS) is 17.9. The summed E-state index contributed by atoms with van der Waals surface area (Å²) in [4.78, 5) is 11.9. The lowest BCUT2D eigenvalue weighted by Crippen LogP contribution is -2.52. The molecule has 1 aliphatic rings. The molecule has 1 fully saturated rings. The van der Waals surface area contributed by atoms with Gasteiger partial charge in [-0.1, -0.05) is 0 Å². The Kier molecular flexibility index (Phi) is 2.96. The smallest absolute Gasteiger partial charge is 0.408 e. The highest BCUT2D eigenvalue weighted by atomic mass is 16.6. The number of H-pyrrole nitrogens is 1. The van der Waals surface area contributed by atoms with Crippen LogP contribution in [-0.4, -0.2) is 21.9 Å². The number of hydrogen-bond acceptors (Lipinski definition) is 4. The second-order valence-electron chi connectivity index (χ2n) is 5.76. The number of anilines is 1. The third-order valence-electron chi connectivity index (χ3n) is 3.09. The topological polar surface area (TPSA) is 93.0 Å². The van der Waals surface area contributed by atoms with Crippen molar-refractivity contribution in [1.29, 1.82) is 0 Å². The van der Waals surface area contributed by atoms with Gasteiger partial charge in [0.2, 0.25) is 0 Å². The van der Waals surface area contributed by atoms with Crippen LogP contribution in [0.15, 0.2) is 6.20 Å². The monoisotopic (exact) mass is 252 g/mol. The Hall–Kier alpha value is -1.72. The van der Waals surface area contributed by atoms with E-state index < -0.39 is 17.2 Å². The van der Waals surface area contributed by atoms with E-state index in [9.17, 15) is 4.79 Å². The molecule has 0 radical (unpaired) electrons. The first-order valence-electron chi connectivity index (χ1n) is 6.13. The number of carbonyl (C=O) groups excluding carboxylic acids is 1. The molecule has 1 aromatic heterocycles. The van der Waals surface area contributed by atoms with Crippen molar-refractivity contribution in [2.45, 2.75) is 51.2 Å². The Bertz CT molecular complexity index is 443. The van der Waals surface area contributed by atoms with Gasteiger partial charge in [0, 0.05) is 0 Å². The number of nitrogens with zero attached hydrogens (tertiary/aromatic N) is 1. The van der Waals surface area contributed by atoms with E-state index >= 15 is 0 Å². The summed E-state index contributed by atoms with van der Waals surface area (Å²) in [6.45, 7) is 5.51. The van der Waals surface area contributed by atoms with Crippen LogP contribution in [0.2, 0.25) is 0 Å². The molecule has 2 rings (SSSR count). The molecule has 0 saturated heterocycles. The number of rotatable bonds is 2. The zero-order valence-electron chi connectivity index (χ0n) is 11.0. The molecular weight excluding hydrogens is 232 g/mol. The van der Waals surface area contributed by atoms with Gasteiger partial charge in [0.25, 0.3) is 0 Å². The van der Waals surface area contributed by atoms with Crippen molar-refractivity contribution in [3.63, 3.8) is 0 Å². The van der Waals surface area contributed by atoms with Gasteiger partial charge in [-0.3, -0.25) is 5.10 Å². The maximum absolute atomic E-state index is 11.9. The molecule has 4 N–H and O–H groups in total. The minimum absolute atomic E-state index is 0.420. The molecule has 0 atom stereocenters. The van der Waals surface area contributed by atoms with Crippen LogP contribution in [0.25, 0.3) is 0 Å². The molecule has 18 heavy (non-hydrogen) atoms. The van der Waals surface area contributed by atoms with Crippen LogP contribution < -0.4 is 11.1 Å². The summed E-state index contributed by atoms with van der Waals surface area (Å²) in [5.74, 6) is 0. The standard InChI is InChI=1S/C12H20N4O2/c1-11(2,3)18-10(17)15-12(5-4-6-12)9-8(13)7-14-16-9/h7H,4-6,13H2,1-3H3,(H,14,16)(H,15,17). The van der Waals surface area contributed by atoms with Gasteiger partial charge in [-0.05, 0) is 40.0 Å². The Morgan fingerprint density at radius 1 is 1.56 bits per heavy atom. The van der Waals surface area contributed by atoms with E-state index in [2.05, 4.69) is 15.5 Å². The van der Waals surface area contributed by atoms with Gasteiger partial charge in [-0.25, -0.2) is 4.79 Å². The lowest BCUT2D eigenvalue weighted by molar-refractivity contribution is 0.0372. The molecule has 1 amide bonds. The minimum atomic E-state index is -0.505. The number of hydrogen-bond donors (Lipinski definition) is 3.